The lowest BCUT2D eigenvalue weighted by atomic mass is 9.93. The van der Waals surface area contributed by atoms with Crippen LogP contribution in [0.15, 0.2) is 0 Å². The second-order valence-electron chi connectivity index (χ2n) is 8.95. The maximum atomic E-state index is 11.3. The van der Waals surface area contributed by atoms with E-state index in [0.29, 0.717) is 5.41 Å². The monoisotopic (exact) mass is 388 g/mol. The van der Waals surface area contributed by atoms with Gasteiger partial charge in [-0.05, 0) is 24.7 Å². The van der Waals surface area contributed by atoms with Crippen LogP contribution in [0.3, 0.4) is 0 Å². The van der Waals surface area contributed by atoms with E-state index in [9.17, 15) is 4.21 Å². The van der Waals surface area contributed by atoms with Gasteiger partial charge >= 0.3 is 0 Å². The van der Waals surface area contributed by atoms with Crippen molar-refractivity contribution in [2.75, 3.05) is 24.7 Å². The molecule has 0 aromatic heterocycles. The molecule has 158 valence electrons. The highest BCUT2D eigenvalue weighted by molar-refractivity contribution is 7.84. The van der Waals surface area contributed by atoms with Crippen molar-refractivity contribution >= 4 is 10.8 Å². The van der Waals surface area contributed by atoms with E-state index in [4.69, 9.17) is 4.74 Å². The summed E-state index contributed by atoms with van der Waals surface area (Å²) in [6, 6.07) is 0. The SMILES string of the molecule is CCS(=O)CCCCCCCCCCCCCCCOCCC(C)(C)C. The largest absolute Gasteiger partial charge is 0.381 e. The third-order valence-electron chi connectivity index (χ3n) is 4.98. The molecular weight excluding hydrogens is 340 g/mol. The van der Waals surface area contributed by atoms with E-state index in [0.717, 1.165) is 37.6 Å². The Kier molecular flexibility index (Phi) is 18.6. The minimum atomic E-state index is -0.555. The maximum Gasteiger partial charge on any atom is 0.0471 e. The molecule has 0 spiro atoms. The summed E-state index contributed by atoms with van der Waals surface area (Å²) in [6.07, 6.45) is 18.7. The molecule has 1 unspecified atom stereocenters. The smallest absolute Gasteiger partial charge is 0.0471 e. The van der Waals surface area contributed by atoms with E-state index in [2.05, 4.69) is 20.8 Å². The summed E-state index contributed by atoms with van der Waals surface area (Å²) in [5.41, 5.74) is 0.399. The third kappa shape index (κ3) is 22.2. The Hall–Kier alpha value is 0.110. The summed E-state index contributed by atoms with van der Waals surface area (Å²) in [6.45, 7) is 10.7. The first-order valence-electron chi connectivity index (χ1n) is 11.4. The number of hydrogen-bond donors (Lipinski definition) is 0. The first-order chi connectivity index (χ1) is 12.5. The first kappa shape index (κ1) is 26.1. The van der Waals surface area contributed by atoms with Gasteiger partial charge in [-0.25, -0.2) is 0 Å². The van der Waals surface area contributed by atoms with Crippen molar-refractivity contribution < 1.29 is 8.95 Å². The topological polar surface area (TPSA) is 26.3 Å². The Balaban J connectivity index is 3.06. The number of unbranched alkanes of at least 4 members (excludes halogenated alkanes) is 12. The third-order valence-corrected chi connectivity index (χ3v) is 6.37. The molecule has 0 amide bonds. The van der Waals surface area contributed by atoms with E-state index in [1.54, 1.807) is 0 Å². The Morgan fingerprint density at radius 2 is 1.08 bits per heavy atom. The van der Waals surface area contributed by atoms with Crippen molar-refractivity contribution in [1.29, 1.82) is 0 Å². The van der Waals surface area contributed by atoms with Crippen LogP contribution in [0.4, 0.5) is 0 Å². The summed E-state index contributed by atoms with van der Waals surface area (Å²) in [5, 5.41) is 0. The minimum absolute atomic E-state index is 0.399. The van der Waals surface area contributed by atoms with Crippen molar-refractivity contribution in [1.82, 2.24) is 0 Å². The highest BCUT2D eigenvalue weighted by Crippen LogP contribution is 2.18. The lowest BCUT2D eigenvalue weighted by Crippen LogP contribution is -2.09. The molecule has 0 aromatic rings. The molecule has 0 fully saturated rings. The van der Waals surface area contributed by atoms with Gasteiger partial charge in [-0.2, -0.15) is 0 Å². The van der Waals surface area contributed by atoms with Gasteiger partial charge in [-0.3, -0.25) is 4.21 Å². The molecule has 0 bridgehead atoms. The quantitative estimate of drug-likeness (QED) is 0.217. The van der Waals surface area contributed by atoms with Gasteiger partial charge in [0.2, 0.25) is 0 Å². The van der Waals surface area contributed by atoms with Crippen molar-refractivity contribution in [2.45, 2.75) is 118 Å². The van der Waals surface area contributed by atoms with Crippen molar-refractivity contribution in [3.05, 3.63) is 0 Å². The van der Waals surface area contributed by atoms with E-state index in [1.165, 1.54) is 77.0 Å². The van der Waals surface area contributed by atoms with Crippen molar-refractivity contribution in [2.24, 2.45) is 5.41 Å². The lowest BCUT2D eigenvalue weighted by molar-refractivity contribution is 0.105. The van der Waals surface area contributed by atoms with Gasteiger partial charge in [0.15, 0.2) is 0 Å². The van der Waals surface area contributed by atoms with Crippen LogP contribution in [0.25, 0.3) is 0 Å². The predicted octanol–water partition coefficient (Wildman–Crippen LogP) is 7.28. The van der Waals surface area contributed by atoms with Gasteiger partial charge in [0.1, 0.15) is 0 Å². The Morgan fingerprint density at radius 1 is 0.654 bits per heavy atom. The molecule has 0 N–H and O–H groups in total. The molecule has 0 aromatic carbocycles. The molecule has 0 radical (unpaired) electrons. The second kappa shape index (κ2) is 18.5. The van der Waals surface area contributed by atoms with Gasteiger partial charge in [-0.1, -0.05) is 98.3 Å². The molecule has 0 saturated heterocycles. The van der Waals surface area contributed by atoms with Gasteiger partial charge in [0, 0.05) is 35.5 Å². The Morgan fingerprint density at radius 3 is 1.50 bits per heavy atom. The van der Waals surface area contributed by atoms with Crippen molar-refractivity contribution in [3.8, 4) is 0 Å². The van der Waals surface area contributed by atoms with Crippen molar-refractivity contribution in [3.63, 3.8) is 0 Å². The molecule has 0 aliphatic rings. The minimum Gasteiger partial charge on any atom is -0.381 e. The standard InChI is InChI=1S/C23H48O2S/c1-5-26(24)22-18-16-14-12-10-8-6-7-9-11-13-15-17-20-25-21-19-23(2,3)4/h5-22H2,1-4H3. The predicted molar refractivity (Wildman–Crippen MR) is 118 cm³/mol. The molecule has 1 atom stereocenters. The van der Waals surface area contributed by atoms with Gasteiger partial charge in [0.25, 0.3) is 0 Å². The fraction of sp³-hybridized carbons (Fsp3) is 1.00. The van der Waals surface area contributed by atoms with Crippen LogP contribution >= 0.6 is 0 Å². The number of ether oxygens (including phenoxy) is 1. The summed E-state index contributed by atoms with van der Waals surface area (Å²) in [5.74, 6) is 1.74. The highest BCUT2D eigenvalue weighted by Gasteiger charge is 2.08. The van der Waals surface area contributed by atoms with Gasteiger partial charge in [-0.15, -0.1) is 0 Å². The molecule has 2 nitrogen and oxygen atoms in total. The average molecular weight is 389 g/mol. The number of hydrogen-bond acceptors (Lipinski definition) is 2. The molecule has 0 heterocycles. The summed E-state index contributed by atoms with van der Waals surface area (Å²) < 4.78 is 17.0. The van der Waals surface area contributed by atoms with Crippen LogP contribution in [-0.4, -0.2) is 28.9 Å². The summed E-state index contributed by atoms with van der Waals surface area (Å²) in [7, 11) is -0.555. The van der Waals surface area contributed by atoms with Crippen LogP contribution in [0.2, 0.25) is 0 Å². The molecule has 0 aliphatic heterocycles. The van der Waals surface area contributed by atoms with Gasteiger partial charge < -0.3 is 4.74 Å². The van der Waals surface area contributed by atoms with Crippen LogP contribution < -0.4 is 0 Å². The van der Waals surface area contributed by atoms with E-state index in [1.807, 2.05) is 6.92 Å². The summed E-state index contributed by atoms with van der Waals surface area (Å²) in [4.78, 5) is 0. The molecule has 0 rings (SSSR count). The maximum absolute atomic E-state index is 11.3. The zero-order chi connectivity index (χ0) is 19.5. The lowest BCUT2D eigenvalue weighted by Gasteiger charge is -2.17. The van der Waals surface area contributed by atoms with Crippen LogP contribution in [0, 0.1) is 5.41 Å². The highest BCUT2D eigenvalue weighted by atomic mass is 32.2. The zero-order valence-corrected chi connectivity index (χ0v) is 19.3. The van der Waals surface area contributed by atoms with E-state index in [-0.39, 0.29) is 0 Å². The molecule has 0 aliphatic carbocycles. The van der Waals surface area contributed by atoms with E-state index >= 15 is 0 Å². The van der Waals surface area contributed by atoms with Crippen LogP contribution in [-0.2, 0) is 15.5 Å². The fourth-order valence-electron chi connectivity index (χ4n) is 3.04. The fourth-order valence-corrected chi connectivity index (χ4v) is 3.85. The molecule has 0 saturated carbocycles. The zero-order valence-electron chi connectivity index (χ0n) is 18.5. The number of rotatable bonds is 19. The Labute approximate surface area is 167 Å². The summed E-state index contributed by atoms with van der Waals surface area (Å²) >= 11 is 0. The molecular formula is C23H48O2S. The van der Waals surface area contributed by atoms with Gasteiger partial charge in [0.05, 0.1) is 0 Å². The van der Waals surface area contributed by atoms with E-state index < -0.39 is 10.8 Å². The normalized spacial score (nSPS) is 13.2. The average Bonchev–Trinajstić information content (AvgIpc) is 2.59. The Bertz CT molecular complexity index is 310. The molecule has 26 heavy (non-hydrogen) atoms. The van der Waals surface area contributed by atoms with Crippen LogP contribution in [0.5, 0.6) is 0 Å². The van der Waals surface area contributed by atoms with Crippen LogP contribution in [0.1, 0.15) is 118 Å². The second-order valence-corrected chi connectivity index (χ2v) is 10.8. The first-order valence-corrected chi connectivity index (χ1v) is 12.9. The molecule has 3 heteroatoms.